The molecule has 1 fully saturated rings. The van der Waals surface area contributed by atoms with Crippen LogP contribution in [0.25, 0.3) is 0 Å². The van der Waals surface area contributed by atoms with Gasteiger partial charge in [-0.25, -0.2) is 13.2 Å². The number of hydrogen-bond acceptors (Lipinski definition) is 5. The summed E-state index contributed by atoms with van der Waals surface area (Å²) < 4.78 is 30.9. The minimum atomic E-state index is -3.75. The molecule has 0 saturated carbocycles. The number of carboxylic acid groups (broad SMARTS) is 1. The summed E-state index contributed by atoms with van der Waals surface area (Å²) in [6.07, 6.45) is 0.793. The van der Waals surface area contributed by atoms with Gasteiger partial charge >= 0.3 is 5.97 Å². The van der Waals surface area contributed by atoms with Gasteiger partial charge in [-0.05, 0) is 28.1 Å². The number of carboxylic acids is 1. The fourth-order valence-electron chi connectivity index (χ4n) is 1.79. The van der Waals surface area contributed by atoms with Crippen LogP contribution in [0.4, 0.5) is 0 Å². The van der Waals surface area contributed by atoms with E-state index in [0.717, 1.165) is 24.0 Å². The van der Waals surface area contributed by atoms with Crippen molar-refractivity contribution in [2.24, 2.45) is 0 Å². The van der Waals surface area contributed by atoms with Gasteiger partial charge in [0.15, 0.2) is 4.67 Å². The second-order valence-corrected chi connectivity index (χ2v) is 7.93. The number of halogens is 1. The predicted octanol–water partition coefficient (Wildman–Crippen LogP) is 1.87. The topological polar surface area (TPSA) is 87.8 Å². The van der Waals surface area contributed by atoms with Crippen LogP contribution in [-0.4, -0.2) is 48.4 Å². The summed E-state index contributed by atoms with van der Waals surface area (Å²) in [6.45, 7) is 0. The van der Waals surface area contributed by atoms with E-state index in [1.165, 1.54) is 11.4 Å². The van der Waals surface area contributed by atoms with Crippen LogP contribution >= 0.6 is 27.7 Å². The smallest absolute Gasteiger partial charge is 0.371 e. The molecule has 0 spiro atoms. The lowest BCUT2D eigenvalue weighted by Gasteiger charge is -2.22. The molecule has 2 heterocycles. The highest BCUT2D eigenvalue weighted by Crippen LogP contribution is 2.31. The molecule has 1 unspecified atom stereocenters. The van der Waals surface area contributed by atoms with E-state index >= 15 is 0 Å². The first kappa shape index (κ1) is 14.9. The number of hydrogen-bond donors (Lipinski definition) is 1. The molecule has 19 heavy (non-hydrogen) atoms. The van der Waals surface area contributed by atoms with Crippen LogP contribution in [0.15, 0.2) is 20.0 Å². The van der Waals surface area contributed by atoms with Gasteiger partial charge in [0, 0.05) is 24.9 Å². The molecule has 0 aliphatic carbocycles. The number of aromatic carboxylic acids is 1. The van der Waals surface area contributed by atoms with Crippen molar-refractivity contribution in [3.8, 4) is 0 Å². The van der Waals surface area contributed by atoms with Crippen molar-refractivity contribution in [1.82, 2.24) is 4.31 Å². The Balaban J connectivity index is 2.35. The largest absolute Gasteiger partial charge is 0.475 e. The van der Waals surface area contributed by atoms with Crippen molar-refractivity contribution < 1.29 is 22.7 Å². The zero-order valence-corrected chi connectivity index (χ0v) is 13.2. The van der Waals surface area contributed by atoms with Crippen LogP contribution in [0.5, 0.6) is 0 Å². The first-order chi connectivity index (χ1) is 8.84. The summed E-state index contributed by atoms with van der Waals surface area (Å²) >= 11 is 4.66. The van der Waals surface area contributed by atoms with Crippen molar-refractivity contribution in [1.29, 1.82) is 0 Å². The third-order valence-electron chi connectivity index (χ3n) is 2.94. The molecule has 1 aromatic rings. The highest BCUT2D eigenvalue weighted by Gasteiger charge is 2.34. The Bertz CT molecular complexity index is 591. The van der Waals surface area contributed by atoms with Gasteiger partial charge in [-0.15, -0.1) is 0 Å². The van der Waals surface area contributed by atoms with Gasteiger partial charge in [0.1, 0.15) is 4.90 Å². The van der Waals surface area contributed by atoms with E-state index in [0.29, 0.717) is 0 Å². The van der Waals surface area contributed by atoms with Gasteiger partial charge in [-0.2, -0.15) is 16.1 Å². The maximum atomic E-state index is 12.4. The van der Waals surface area contributed by atoms with Crippen LogP contribution in [0.2, 0.25) is 0 Å². The van der Waals surface area contributed by atoms with Gasteiger partial charge in [0.05, 0.1) is 0 Å². The first-order valence-electron chi connectivity index (χ1n) is 5.42. The van der Waals surface area contributed by atoms with Crippen molar-refractivity contribution >= 4 is 43.7 Å². The zero-order valence-electron chi connectivity index (χ0n) is 10.00. The summed E-state index contributed by atoms with van der Waals surface area (Å²) in [5.41, 5.74) is 0. The van der Waals surface area contributed by atoms with Crippen LogP contribution in [0.1, 0.15) is 17.0 Å². The Morgan fingerprint density at radius 3 is 2.79 bits per heavy atom. The second-order valence-electron chi connectivity index (χ2n) is 4.09. The molecule has 0 bridgehead atoms. The monoisotopic (exact) mass is 369 g/mol. The first-order valence-corrected chi connectivity index (χ1v) is 8.81. The molecule has 6 nitrogen and oxygen atoms in total. The van der Waals surface area contributed by atoms with Crippen LogP contribution in [0, 0.1) is 0 Å². The lowest BCUT2D eigenvalue weighted by Crippen LogP contribution is -2.36. The SMILES string of the molecule is CN(C1CCSC1)S(=O)(=O)c1cc(C(=O)O)oc1Br. The number of sulfonamides is 1. The highest BCUT2D eigenvalue weighted by atomic mass is 79.9. The minimum absolute atomic E-state index is 0.0647. The molecule has 1 atom stereocenters. The summed E-state index contributed by atoms with van der Waals surface area (Å²) in [7, 11) is -2.24. The molecular formula is C10H12BrNO5S2. The zero-order chi connectivity index (χ0) is 14.2. The van der Waals surface area contributed by atoms with E-state index in [-0.39, 0.29) is 15.6 Å². The van der Waals surface area contributed by atoms with Gasteiger partial charge in [0.25, 0.3) is 0 Å². The Morgan fingerprint density at radius 1 is 1.63 bits per heavy atom. The molecule has 1 aliphatic heterocycles. The van der Waals surface area contributed by atoms with E-state index < -0.39 is 21.8 Å². The Hall–Kier alpha value is -0.510. The normalized spacial score (nSPS) is 20.1. The molecule has 1 aliphatic rings. The molecule has 0 radical (unpaired) electrons. The van der Waals surface area contributed by atoms with E-state index in [1.807, 2.05) is 0 Å². The molecule has 0 amide bonds. The lowest BCUT2D eigenvalue weighted by molar-refractivity contribution is 0.0661. The molecule has 9 heteroatoms. The van der Waals surface area contributed by atoms with Gasteiger partial charge in [-0.3, -0.25) is 0 Å². The van der Waals surface area contributed by atoms with E-state index in [1.54, 1.807) is 11.8 Å². The molecular weight excluding hydrogens is 358 g/mol. The van der Waals surface area contributed by atoms with Crippen molar-refractivity contribution in [3.63, 3.8) is 0 Å². The Kier molecular flexibility index (Phi) is 4.29. The second kappa shape index (κ2) is 5.47. The van der Waals surface area contributed by atoms with Crippen molar-refractivity contribution in [2.45, 2.75) is 17.4 Å². The third-order valence-corrected chi connectivity index (χ3v) is 6.85. The molecule has 106 valence electrons. The molecule has 0 aromatic carbocycles. The number of thioether (sulfide) groups is 1. The van der Waals surface area contributed by atoms with E-state index in [9.17, 15) is 13.2 Å². The number of nitrogens with zero attached hydrogens (tertiary/aromatic N) is 1. The fraction of sp³-hybridized carbons (Fsp3) is 0.500. The maximum Gasteiger partial charge on any atom is 0.371 e. The average molecular weight is 370 g/mol. The average Bonchev–Trinajstić information content (AvgIpc) is 2.96. The predicted molar refractivity (Wildman–Crippen MR) is 74.0 cm³/mol. The van der Waals surface area contributed by atoms with Crippen molar-refractivity contribution in [2.75, 3.05) is 18.6 Å². The fourth-order valence-corrected chi connectivity index (χ4v) is 5.44. The molecule has 1 N–H and O–H groups in total. The number of carbonyl (C=O) groups is 1. The summed E-state index contributed by atoms with van der Waals surface area (Å²) in [6, 6.07) is 0.963. The third kappa shape index (κ3) is 2.83. The maximum absolute atomic E-state index is 12.4. The molecule has 2 rings (SSSR count). The van der Waals surface area contributed by atoms with Crippen molar-refractivity contribution in [3.05, 3.63) is 16.5 Å². The highest BCUT2D eigenvalue weighted by molar-refractivity contribution is 9.10. The van der Waals surface area contributed by atoms with Crippen LogP contribution < -0.4 is 0 Å². The number of rotatable bonds is 4. The van der Waals surface area contributed by atoms with Crippen LogP contribution in [-0.2, 0) is 10.0 Å². The molecule has 1 aromatic heterocycles. The standard InChI is InChI=1S/C10H12BrNO5S2/c1-12(6-2-3-18-5-6)19(15,16)8-4-7(10(13)14)17-9(8)11/h4,6H,2-3,5H2,1H3,(H,13,14). The Morgan fingerprint density at radius 2 is 2.32 bits per heavy atom. The lowest BCUT2D eigenvalue weighted by atomic mass is 10.3. The summed E-state index contributed by atoms with van der Waals surface area (Å²) in [5.74, 6) is -0.0325. The summed E-state index contributed by atoms with van der Waals surface area (Å²) in [5, 5.41) is 8.81. The quantitative estimate of drug-likeness (QED) is 0.871. The van der Waals surface area contributed by atoms with Gasteiger partial charge < -0.3 is 9.52 Å². The molecule has 1 saturated heterocycles. The van der Waals surface area contributed by atoms with Gasteiger partial charge in [-0.1, -0.05) is 0 Å². The van der Waals surface area contributed by atoms with E-state index in [2.05, 4.69) is 15.9 Å². The summed E-state index contributed by atoms with van der Waals surface area (Å²) in [4.78, 5) is 10.6. The minimum Gasteiger partial charge on any atom is -0.475 e. The Labute approximate surface area is 123 Å². The number of furan rings is 1. The van der Waals surface area contributed by atoms with Gasteiger partial charge in [0.2, 0.25) is 15.8 Å². The van der Waals surface area contributed by atoms with E-state index in [4.69, 9.17) is 9.52 Å². The van der Waals surface area contributed by atoms with Crippen LogP contribution in [0.3, 0.4) is 0 Å².